The summed E-state index contributed by atoms with van der Waals surface area (Å²) >= 11 is 3.26. The molecular formula is C15H17BrN6O3. The summed E-state index contributed by atoms with van der Waals surface area (Å²) in [7, 11) is 0. The summed E-state index contributed by atoms with van der Waals surface area (Å²) in [5, 5.41) is 13.7. The van der Waals surface area contributed by atoms with E-state index in [1.54, 1.807) is 17.1 Å². The van der Waals surface area contributed by atoms with Gasteiger partial charge in [0.15, 0.2) is 5.82 Å². The molecule has 2 aliphatic rings. The van der Waals surface area contributed by atoms with E-state index >= 15 is 0 Å². The first-order chi connectivity index (χ1) is 12.0. The SMILES string of the molecule is Nc1ncc(-c2cnn(CC3CN(C(=O)O)C4(CC4)CO3)c2)nc1Br. The fourth-order valence-electron chi connectivity index (χ4n) is 3.07. The summed E-state index contributed by atoms with van der Waals surface area (Å²) in [6, 6.07) is 0. The highest BCUT2D eigenvalue weighted by molar-refractivity contribution is 9.10. The Morgan fingerprint density at radius 2 is 2.28 bits per heavy atom. The quantitative estimate of drug-likeness (QED) is 0.790. The molecule has 1 spiro atoms. The number of anilines is 1. The molecule has 1 saturated heterocycles. The molecular weight excluding hydrogens is 392 g/mol. The van der Waals surface area contributed by atoms with Crippen molar-refractivity contribution in [2.75, 3.05) is 18.9 Å². The highest BCUT2D eigenvalue weighted by Gasteiger charge is 2.54. The zero-order valence-electron chi connectivity index (χ0n) is 13.3. The Kier molecular flexibility index (Phi) is 3.88. The molecule has 0 bridgehead atoms. The van der Waals surface area contributed by atoms with E-state index in [4.69, 9.17) is 10.5 Å². The zero-order valence-corrected chi connectivity index (χ0v) is 14.9. The second-order valence-electron chi connectivity index (χ2n) is 6.43. The molecule has 1 unspecified atom stereocenters. The number of nitrogens with zero attached hydrogens (tertiary/aromatic N) is 5. The predicted molar refractivity (Wildman–Crippen MR) is 91.8 cm³/mol. The number of hydrogen-bond donors (Lipinski definition) is 2. The number of carbonyl (C=O) groups is 1. The Morgan fingerprint density at radius 3 is 2.96 bits per heavy atom. The molecule has 2 aromatic rings. The first-order valence-corrected chi connectivity index (χ1v) is 8.69. The van der Waals surface area contributed by atoms with Gasteiger partial charge in [0.25, 0.3) is 0 Å². The molecule has 132 valence electrons. The molecule has 25 heavy (non-hydrogen) atoms. The van der Waals surface area contributed by atoms with Gasteiger partial charge in [-0.15, -0.1) is 0 Å². The molecule has 0 radical (unpaired) electrons. The van der Waals surface area contributed by atoms with Crippen molar-refractivity contribution < 1.29 is 14.6 Å². The predicted octanol–water partition coefficient (Wildman–Crippen LogP) is 1.60. The third-order valence-corrected chi connectivity index (χ3v) is 5.26. The van der Waals surface area contributed by atoms with Crippen molar-refractivity contribution in [3.05, 3.63) is 23.2 Å². The van der Waals surface area contributed by atoms with Gasteiger partial charge in [-0.1, -0.05) is 0 Å². The molecule has 10 heteroatoms. The lowest BCUT2D eigenvalue weighted by molar-refractivity contribution is -0.0704. The molecule has 3 heterocycles. The molecule has 3 N–H and O–H groups in total. The van der Waals surface area contributed by atoms with Gasteiger partial charge in [-0.25, -0.2) is 14.8 Å². The minimum Gasteiger partial charge on any atom is -0.465 e. The van der Waals surface area contributed by atoms with Gasteiger partial charge >= 0.3 is 6.09 Å². The smallest absolute Gasteiger partial charge is 0.407 e. The van der Waals surface area contributed by atoms with Crippen molar-refractivity contribution in [2.24, 2.45) is 0 Å². The van der Waals surface area contributed by atoms with Crippen molar-refractivity contribution in [1.82, 2.24) is 24.6 Å². The van der Waals surface area contributed by atoms with Crippen molar-refractivity contribution in [3.8, 4) is 11.3 Å². The Hall–Kier alpha value is -2.20. The van der Waals surface area contributed by atoms with Crippen LogP contribution in [0.3, 0.4) is 0 Å². The van der Waals surface area contributed by atoms with Crippen LogP contribution in [0.2, 0.25) is 0 Å². The van der Waals surface area contributed by atoms with Gasteiger partial charge in [-0.2, -0.15) is 5.10 Å². The van der Waals surface area contributed by atoms with Gasteiger partial charge < -0.3 is 15.6 Å². The number of morpholine rings is 1. The lowest BCUT2D eigenvalue weighted by atomic mass is 10.1. The Labute approximate surface area is 151 Å². The molecule has 1 saturated carbocycles. The number of rotatable bonds is 3. The van der Waals surface area contributed by atoms with Crippen LogP contribution < -0.4 is 5.73 Å². The average Bonchev–Trinajstić information content (AvgIpc) is 3.19. The van der Waals surface area contributed by atoms with Gasteiger partial charge in [0.05, 0.1) is 49.4 Å². The van der Waals surface area contributed by atoms with Crippen LogP contribution in [0.1, 0.15) is 12.8 Å². The van der Waals surface area contributed by atoms with E-state index in [1.165, 1.54) is 4.90 Å². The Balaban J connectivity index is 1.46. The fourth-order valence-corrected chi connectivity index (χ4v) is 3.36. The van der Waals surface area contributed by atoms with E-state index in [2.05, 4.69) is 31.0 Å². The summed E-state index contributed by atoms with van der Waals surface area (Å²) in [5.41, 5.74) is 6.82. The van der Waals surface area contributed by atoms with Crippen LogP contribution in [0.4, 0.5) is 10.6 Å². The van der Waals surface area contributed by atoms with Crippen LogP contribution in [0.15, 0.2) is 23.2 Å². The lowest BCUT2D eigenvalue weighted by Gasteiger charge is -2.38. The van der Waals surface area contributed by atoms with Crippen LogP contribution in [0, 0.1) is 0 Å². The Morgan fingerprint density at radius 1 is 1.48 bits per heavy atom. The Bertz CT molecular complexity index is 821. The second-order valence-corrected chi connectivity index (χ2v) is 7.18. The van der Waals surface area contributed by atoms with Crippen LogP contribution in [-0.2, 0) is 11.3 Å². The normalized spacial score (nSPS) is 21.5. The third-order valence-electron chi connectivity index (χ3n) is 4.68. The summed E-state index contributed by atoms with van der Waals surface area (Å²) in [6.45, 7) is 1.29. The van der Waals surface area contributed by atoms with Crippen molar-refractivity contribution >= 4 is 27.8 Å². The van der Waals surface area contributed by atoms with Crippen molar-refractivity contribution in [3.63, 3.8) is 0 Å². The van der Waals surface area contributed by atoms with E-state index in [9.17, 15) is 9.90 Å². The number of nitrogens with two attached hydrogens (primary N) is 1. The summed E-state index contributed by atoms with van der Waals surface area (Å²) < 4.78 is 8.09. The van der Waals surface area contributed by atoms with Gasteiger partial charge in [0, 0.05) is 11.8 Å². The third kappa shape index (κ3) is 3.07. The highest BCUT2D eigenvalue weighted by Crippen LogP contribution is 2.44. The molecule has 2 fully saturated rings. The molecule has 1 aliphatic carbocycles. The summed E-state index contributed by atoms with van der Waals surface area (Å²) in [6.07, 6.45) is 5.76. The standard InChI is InChI=1S/C15H17BrN6O3/c16-12-13(17)18-4-11(20-12)9-3-19-21(5-9)6-10-7-22(14(23)24)15(1-2-15)8-25-10/h3-5,10H,1-2,6-8H2,(H2,17,18)(H,23,24). The van der Waals surface area contributed by atoms with E-state index in [0.29, 0.717) is 35.8 Å². The van der Waals surface area contributed by atoms with Gasteiger partial charge in [0.2, 0.25) is 0 Å². The zero-order chi connectivity index (χ0) is 17.6. The number of hydrogen-bond acceptors (Lipinski definition) is 6. The molecule has 9 nitrogen and oxygen atoms in total. The fraction of sp³-hybridized carbons (Fsp3) is 0.467. The largest absolute Gasteiger partial charge is 0.465 e. The number of carboxylic acid groups (broad SMARTS) is 1. The van der Waals surface area contributed by atoms with Crippen LogP contribution >= 0.6 is 15.9 Å². The van der Waals surface area contributed by atoms with Crippen LogP contribution in [0.25, 0.3) is 11.3 Å². The van der Waals surface area contributed by atoms with Gasteiger partial charge in [-0.3, -0.25) is 9.58 Å². The van der Waals surface area contributed by atoms with Crippen LogP contribution in [-0.4, -0.2) is 60.6 Å². The van der Waals surface area contributed by atoms with Crippen LogP contribution in [0.5, 0.6) is 0 Å². The minimum atomic E-state index is -0.881. The minimum absolute atomic E-state index is 0.223. The highest BCUT2D eigenvalue weighted by atomic mass is 79.9. The summed E-state index contributed by atoms with van der Waals surface area (Å²) in [4.78, 5) is 21.4. The monoisotopic (exact) mass is 408 g/mol. The van der Waals surface area contributed by atoms with E-state index in [0.717, 1.165) is 18.4 Å². The molecule has 1 atom stereocenters. The maximum Gasteiger partial charge on any atom is 0.407 e. The number of ether oxygens (including phenoxy) is 1. The van der Waals surface area contributed by atoms with Gasteiger partial charge in [-0.05, 0) is 28.8 Å². The molecule has 0 aromatic carbocycles. The molecule has 1 aliphatic heterocycles. The van der Waals surface area contributed by atoms with Gasteiger partial charge in [0.1, 0.15) is 4.60 Å². The molecule has 1 amide bonds. The average molecular weight is 409 g/mol. The molecule has 2 aromatic heterocycles. The van der Waals surface area contributed by atoms with E-state index in [1.807, 2.05) is 6.20 Å². The molecule has 4 rings (SSSR count). The van der Waals surface area contributed by atoms with E-state index < -0.39 is 6.09 Å². The second kappa shape index (κ2) is 5.95. The first-order valence-electron chi connectivity index (χ1n) is 7.90. The van der Waals surface area contributed by atoms with E-state index in [-0.39, 0.29) is 11.6 Å². The van der Waals surface area contributed by atoms with Crippen molar-refractivity contribution in [2.45, 2.75) is 31.0 Å². The number of nitrogen functional groups attached to an aromatic ring is 1. The van der Waals surface area contributed by atoms with Crippen molar-refractivity contribution in [1.29, 1.82) is 0 Å². The maximum absolute atomic E-state index is 11.5. The summed E-state index contributed by atoms with van der Waals surface area (Å²) in [5.74, 6) is 0.328. The maximum atomic E-state index is 11.5. The number of amides is 1. The number of aromatic nitrogens is 4. The topological polar surface area (TPSA) is 119 Å². The first kappa shape index (κ1) is 16.3. The number of halogens is 1. The lowest BCUT2D eigenvalue weighted by Crippen LogP contribution is -2.54.